The van der Waals surface area contributed by atoms with Gasteiger partial charge in [-0.2, -0.15) is 0 Å². The van der Waals surface area contributed by atoms with Crippen molar-refractivity contribution in [1.29, 1.82) is 0 Å². The van der Waals surface area contributed by atoms with Gasteiger partial charge in [-0.1, -0.05) is 42.5 Å². The molecule has 0 aliphatic heterocycles. The van der Waals surface area contributed by atoms with Crippen molar-refractivity contribution in [2.75, 3.05) is 20.1 Å². The fourth-order valence-corrected chi connectivity index (χ4v) is 3.87. The van der Waals surface area contributed by atoms with Gasteiger partial charge in [-0.15, -0.1) is 0 Å². The first-order valence-corrected chi connectivity index (χ1v) is 8.27. The molecular weight excluding hydrogens is 312 g/mol. The van der Waals surface area contributed by atoms with Crippen molar-refractivity contribution in [2.24, 2.45) is 5.92 Å². The van der Waals surface area contributed by atoms with E-state index in [1.54, 1.807) is 18.0 Å². The van der Waals surface area contributed by atoms with Crippen molar-refractivity contribution in [3.63, 3.8) is 0 Å². The summed E-state index contributed by atoms with van der Waals surface area (Å²) in [5.41, 5.74) is 2.97. The summed E-state index contributed by atoms with van der Waals surface area (Å²) in [6.07, 6.45) is 1.53. The predicted octanol–water partition coefficient (Wildman–Crippen LogP) is -0.794. The summed E-state index contributed by atoms with van der Waals surface area (Å²) in [4.78, 5) is 12.6. The summed E-state index contributed by atoms with van der Waals surface area (Å²) in [5.74, 6) is -0.896. The minimum atomic E-state index is -1.07. The van der Waals surface area contributed by atoms with E-state index in [0.717, 1.165) is 23.1 Å². The number of benzene rings is 2. The Hall–Kier alpha value is -1.60. The van der Waals surface area contributed by atoms with E-state index in [4.69, 9.17) is 0 Å². The normalized spacial score (nSPS) is 19.2. The van der Waals surface area contributed by atoms with E-state index < -0.39 is 5.97 Å². The summed E-state index contributed by atoms with van der Waals surface area (Å²) in [6.45, 7) is 0.553. The Morgan fingerprint density at radius 3 is 2.60 bits per heavy atom. The first-order chi connectivity index (χ1) is 11.6. The number of hydrogen-bond donors (Lipinski definition) is 0. The number of fused-ring (bicyclic) bond motifs is 1. The molecule has 0 spiro atoms. The van der Waals surface area contributed by atoms with Crippen molar-refractivity contribution in [2.45, 2.75) is 18.8 Å². The number of carbonyl (C=O) groups is 1. The molecule has 1 aliphatic carbocycles. The van der Waals surface area contributed by atoms with Gasteiger partial charge in [0.15, 0.2) is 0 Å². The van der Waals surface area contributed by atoms with Gasteiger partial charge < -0.3 is 14.8 Å². The van der Waals surface area contributed by atoms with E-state index in [1.807, 2.05) is 24.3 Å². The van der Waals surface area contributed by atoms with E-state index in [9.17, 15) is 14.3 Å². The molecule has 3 nitrogen and oxygen atoms in total. The van der Waals surface area contributed by atoms with Gasteiger partial charge >= 0.3 is 18.9 Å². The van der Waals surface area contributed by atoms with Crippen LogP contribution in [0.4, 0.5) is 4.39 Å². The minimum Gasteiger partial charge on any atom is -0.549 e. The summed E-state index contributed by atoms with van der Waals surface area (Å²) >= 11 is 0. The van der Waals surface area contributed by atoms with Crippen LogP contribution in [0.3, 0.4) is 0 Å². The maximum Gasteiger partial charge on any atom is 1.00 e. The van der Waals surface area contributed by atoms with Crippen LogP contribution >= 0.6 is 0 Å². The van der Waals surface area contributed by atoms with E-state index in [0.29, 0.717) is 13.0 Å². The van der Waals surface area contributed by atoms with Crippen molar-refractivity contribution in [1.82, 2.24) is 4.90 Å². The summed E-state index contributed by atoms with van der Waals surface area (Å²) in [7, 11) is 1.79. The number of carbonyl (C=O) groups excluding carboxylic acids is 1. The first-order valence-electron chi connectivity index (χ1n) is 8.27. The van der Waals surface area contributed by atoms with Gasteiger partial charge in [0.25, 0.3) is 0 Å². The largest absolute Gasteiger partial charge is 1.00 e. The van der Waals surface area contributed by atoms with Crippen LogP contribution in [-0.4, -0.2) is 31.0 Å². The second-order valence-corrected chi connectivity index (χ2v) is 6.56. The molecule has 0 unspecified atom stereocenters. The number of rotatable bonds is 5. The molecule has 25 heavy (non-hydrogen) atoms. The molecule has 0 saturated carbocycles. The molecule has 1 aliphatic rings. The number of halogens is 1. The topological polar surface area (TPSA) is 43.4 Å². The van der Waals surface area contributed by atoms with Gasteiger partial charge in [0.05, 0.1) is 5.97 Å². The maximum atomic E-state index is 14.2. The van der Waals surface area contributed by atoms with Gasteiger partial charge in [-0.05, 0) is 48.6 Å². The Balaban J connectivity index is 0.00000225. The molecule has 0 saturated heterocycles. The number of nitrogens with zero attached hydrogens (tertiary/aromatic N) is 1. The summed E-state index contributed by atoms with van der Waals surface area (Å²) in [5, 5.41) is 10.8. The third-order valence-corrected chi connectivity index (χ3v) is 4.83. The fraction of sp³-hybridized carbons (Fsp3) is 0.350. The quantitative estimate of drug-likeness (QED) is 0.674. The van der Waals surface area contributed by atoms with Crippen LogP contribution in [0.25, 0.3) is 0 Å². The Morgan fingerprint density at radius 1 is 1.20 bits per heavy atom. The first kappa shape index (κ1) is 19.7. The smallest absolute Gasteiger partial charge is 0.549 e. The van der Waals surface area contributed by atoms with Gasteiger partial charge in [-0.3, -0.25) is 0 Å². The van der Waals surface area contributed by atoms with Crippen LogP contribution in [-0.2, 0) is 11.2 Å². The van der Waals surface area contributed by atoms with Crippen LogP contribution in [0.5, 0.6) is 0 Å². The minimum absolute atomic E-state index is 0. The van der Waals surface area contributed by atoms with Crippen LogP contribution in [0.15, 0.2) is 48.5 Å². The van der Waals surface area contributed by atoms with E-state index in [1.165, 1.54) is 6.07 Å². The molecular formula is C20H21FLiNO2. The molecule has 2 atom stereocenters. The molecule has 0 amide bonds. The Kier molecular flexibility index (Phi) is 6.84. The standard InChI is InChI=1S/C20H22FNO2.Li/c1-22(13-19(23)24)12-15-10-11-16-17(8-5-9-18(16)21)20(15)14-6-3-2-4-7-14;/h2-9,15,20H,10-13H2,1H3,(H,23,24);/q;+1/p-1/t15-,20+;/m1./s1. The number of carboxylic acids is 1. The molecule has 0 N–H and O–H groups in total. The maximum absolute atomic E-state index is 14.2. The molecule has 0 heterocycles. The molecule has 5 heteroatoms. The number of likely N-dealkylation sites (N-methyl/N-ethyl adjacent to an activating group) is 1. The van der Waals surface area contributed by atoms with Crippen molar-refractivity contribution in [3.8, 4) is 0 Å². The molecule has 3 rings (SSSR count). The van der Waals surface area contributed by atoms with E-state index >= 15 is 0 Å². The zero-order chi connectivity index (χ0) is 17.1. The monoisotopic (exact) mass is 333 g/mol. The van der Waals surface area contributed by atoms with Crippen molar-refractivity contribution in [3.05, 3.63) is 71.0 Å². The zero-order valence-corrected chi connectivity index (χ0v) is 14.7. The average Bonchev–Trinajstić information content (AvgIpc) is 2.55. The van der Waals surface area contributed by atoms with Gasteiger partial charge in [0.1, 0.15) is 5.82 Å². The second-order valence-electron chi connectivity index (χ2n) is 6.56. The molecule has 2 aromatic rings. The molecule has 0 radical (unpaired) electrons. The van der Waals surface area contributed by atoms with Gasteiger partial charge in [-0.25, -0.2) is 4.39 Å². The van der Waals surface area contributed by atoms with Gasteiger partial charge in [0, 0.05) is 19.0 Å². The van der Waals surface area contributed by atoms with Crippen LogP contribution in [0.2, 0.25) is 0 Å². The average molecular weight is 333 g/mol. The Bertz CT molecular complexity index is 723. The van der Waals surface area contributed by atoms with Crippen LogP contribution in [0, 0.1) is 11.7 Å². The second kappa shape index (κ2) is 8.67. The zero-order valence-electron chi connectivity index (χ0n) is 14.7. The number of aliphatic carboxylic acids is 1. The van der Waals surface area contributed by atoms with Crippen LogP contribution in [0.1, 0.15) is 29.0 Å². The molecule has 2 aromatic carbocycles. The molecule has 0 bridgehead atoms. The third-order valence-electron chi connectivity index (χ3n) is 4.83. The van der Waals surface area contributed by atoms with Gasteiger partial charge in [0.2, 0.25) is 0 Å². The Labute approximate surface area is 160 Å². The predicted molar refractivity (Wildman–Crippen MR) is 89.0 cm³/mol. The van der Waals surface area contributed by atoms with Crippen molar-refractivity contribution >= 4 is 5.97 Å². The van der Waals surface area contributed by atoms with E-state index in [2.05, 4.69) is 12.1 Å². The summed E-state index contributed by atoms with van der Waals surface area (Å²) < 4.78 is 14.2. The molecule has 0 aromatic heterocycles. The van der Waals surface area contributed by atoms with Crippen LogP contribution < -0.4 is 24.0 Å². The van der Waals surface area contributed by atoms with E-state index in [-0.39, 0.29) is 43.1 Å². The third kappa shape index (κ3) is 4.52. The SMILES string of the molecule is CN(CC(=O)[O-])C[C@H]1CCc2c(F)cccc2[C@H]1c1ccccc1.[Li+]. The van der Waals surface area contributed by atoms with Crippen molar-refractivity contribution < 1.29 is 33.2 Å². The number of hydrogen-bond acceptors (Lipinski definition) is 3. The fourth-order valence-electron chi connectivity index (χ4n) is 3.87. The molecule has 0 fully saturated rings. The molecule has 126 valence electrons. The summed E-state index contributed by atoms with van der Waals surface area (Å²) in [6, 6.07) is 15.4. The Morgan fingerprint density at radius 2 is 1.92 bits per heavy atom. The number of carboxylic acid groups (broad SMARTS) is 1.